The van der Waals surface area contributed by atoms with Crippen LogP contribution in [0, 0.1) is 0 Å². The van der Waals surface area contributed by atoms with Crippen LogP contribution in [0.2, 0.25) is 0 Å². The molecule has 3 aliphatic rings. The van der Waals surface area contributed by atoms with Gasteiger partial charge in [0.2, 0.25) is 0 Å². The number of thioether (sulfide) groups is 1. The first-order valence-electron chi connectivity index (χ1n) is 7.14. The van der Waals surface area contributed by atoms with E-state index in [-0.39, 0.29) is 22.8 Å². The Bertz CT molecular complexity index is 552. The van der Waals surface area contributed by atoms with E-state index in [1.165, 1.54) is 7.11 Å². The number of hydrogen-bond donors (Lipinski definition) is 0. The van der Waals surface area contributed by atoms with E-state index < -0.39 is 18.7 Å². The minimum atomic E-state index is -0.578. The molecule has 0 bridgehead atoms. The van der Waals surface area contributed by atoms with Gasteiger partial charge in [-0.25, -0.2) is 4.79 Å². The molecule has 3 fully saturated rings. The molecule has 3 aliphatic heterocycles. The third-order valence-corrected chi connectivity index (χ3v) is 5.15. The van der Waals surface area contributed by atoms with Crippen molar-refractivity contribution < 1.29 is 28.5 Å². The lowest BCUT2D eigenvalue weighted by Crippen LogP contribution is -2.59. The summed E-state index contributed by atoms with van der Waals surface area (Å²) in [5.74, 6) is 0. The molecule has 0 radical (unpaired) electrons. The largest absolute Gasteiger partial charge is 0.448 e. The van der Waals surface area contributed by atoms with Crippen LogP contribution in [0.25, 0.3) is 0 Å². The van der Waals surface area contributed by atoms with Crippen LogP contribution >= 0.6 is 11.8 Å². The number of rotatable bonds is 2. The van der Waals surface area contributed by atoms with E-state index in [0.717, 1.165) is 17.3 Å². The van der Waals surface area contributed by atoms with Gasteiger partial charge in [0.15, 0.2) is 18.7 Å². The van der Waals surface area contributed by atoms with Crippen molar-refractivity contribution in [1.82, 2.24) is 0 Å². The maximum Gasteiger partial charge on any atom is 0.368 e. The molecule has 118 valence electrons. The van der Waals surface area contributed by atoms with Crippen LogP contribution < -0.4 is 0 Å². The van der Waals surface area contributed by atoms with Crippen molar-refractivity contribution in [3.05, 3.63) is 35.9 Å². The number of ether oxygens (including phenoxy) is 5. The topological polar surface area (TPSA) is 63.2 Å². The summed E-state index contributed by atoms with van der Waals surface area (Å²) in [4.78, 5) is 11.6. The first-order valence-corrected chi connectivity index (χ1v) is 8.02. The molecule has 3 heterocycles. The molecular weight excluding hydrogens is 308 g/mol. The smallest absolute Gasteiger partial charge is 0.368 e. The van der Waals surface area contributed by atoms with Gasteiger partial charge in [0.1, 0.15) is 12.2 Å². The Morgan fingerprint density at radius 3 is 2.77 bits per heavy atom. The summed E-state index contributed by atoms with van der Waals surface area (Å²) in [5, 5.41) is -0.459. The fraction of sp³-hybridized carbons (Fsp3) is 0.533. The van der Waals surface area contributed by atoms with E-state index in [9.17, 15) is 4.79 Å². The highest BCUT2D eigenvalue weighted by molar-refractivity contribution is 8.14. The van der Waals surface area contributed by atoms with E-state index in [1.807, 2.05) is 30.3 Å². The highest BCUT2D eigenvalue weighted by atomic mass is 32.2. The number of hydrogen-bond acceptors (Lipinski definition) is 7. The lowest BCUT2D eigenvalue weighted by atomic mass is 10.0. The predicted molar refractivity (Wildman–Crippen MR) is 77.3 cm³/mol. The molecule has 0 saturated carbocycles. The van der Waals surface area contributed by atoms with Gasteiger partial charge in [-0.3, -0.25) is 0 Å². The van der Waals surface area contributed by atoms with Crippen LogP contribution in [0.3, 0.4) is 0 Å². The van der Waals surface area contributed by atoms with Crippen molar-refractivity contribution in [2.75, 3.05) is 13.7 Å². The van der Waals surface area contributed by atoms with Crippen molar-refractivity contribution in [2.24, 2.45) is 0 Å². The zero-order valence-electron chi connectivity index (χ0n) is 11.9. The van der Waals surface area contributed by atoms with Gasteiger partial charge in [-0.05, 0) is 11.8 Å². The SMILES string of the molecule is CO[C@@H]1O[C@@H]2CO[C@@H](c3ccccc3)O[C@H]2[C@H]2SC(=O)O[C@@H]12. The number of carbonyl (C=O) groups excluding carboxylic acids is 1. The normalized spacial score (nSPS) is 40.7. The fourth-order valence-electron chi connectivity index (χ4n) is 3.03. The minimum absolute atomic E-state index is 0.147. The zero-order chi connectivity index (χ0) is 15.1. The molecule has 3 saturated heterocycles. The minimum Gasteiger partial charge on any atom is -0.448 e. The van der Waals surface area contributed by atoms with Crippen molar-refractivity contribution in [3.8, 4) is 0 Å². The average Bonchev–Trinajstić information content (AvgIpc) is 2.96. The maximum atomic E-state index is 11.6. The van der Waals surface area contributed by atoms with E-state index in [2.05, 4.69) is 0 Å². The summed E-state index contributed by atoms with van der Waals surface area (Å²) >= 11 is 1.15. The molecule has 0 aliphatic carbocycles. The summed E-state index contributed by atoms with van der Waals surface area (Å²) in [6.45, 7) is 0.391. The molecule has 1 aromatic carbocycles. The second-order valence-corrected chi connectivity index (χ2v) is 6.48. The Morgan fingerprint density at radius 1 is 1.18 bits per heavy atom. The van der Waals surface area contributed by atoms with Crippen molar-refractivity contribution >= 4 is 17.1 Å². The van der Waals surface area contributed by atoms with Crippen LogP contribution in [0.1, 0.15) is 11.9 Å². The molecule has 0 aromatic heterocycles. The quantitative estimate of drug-likeness (QED) is 0.772. The second kappa shape index (κ2) is 5.82. The monoisotopic (exact) mass is 324 g/mol. The van der Waals surface area contributed by atoms with Gasteiger partial charge in [-0.15, -0.1) is 0 Å². The molecule has 22 heavy (non-hydrogen) atoms. The molecule has 4 rings (SSSR count). The predicted octanol–water partition coefficient (Wildman–Crippen LogP) is 2.09. The Morgan fingerprint density at radius 2 is 2.00 bits per heavy atom. The Balaban J connectivity index is 1.56. The van der Waals surface area contributed by atoms with Gasteiger partial charge < -0.3 is 23.7 Å². The van der Waals surface area contributed by atoms with E-state index in [0.29, 0.717) is 6.61 Å². The first kappa shape index (κ1) is 14.5. The molecule has 0 amide bonds. The van der Waals surface area contributed by atoms with Gasteiger partial charge in [-0.1, -0.05) is 30.3 Å². The zero-order valence-corrected chi connectivity index (χ0v) is 12.7. The van der Waals surface area contributed by atoms with Crippen LogP contribution in [0.4, 0.5) is 4.79 Å². The van der Waals surface area contributed by atoms with E-state index >= 15 is 0 Å². The molecular formula is C15H16O6S. The van der Waals surface area contributed by atoms with Crippen LogP contribution in [-0.4, -0.2) is 48.9 Å². The fourth-order valence-corrected chi connectivity index (χ4v) is 4.11. The molecule has 7 heteroatoms. The van der Waals surface area contributed by atoms with Gasteiger partial charge in [0.05, 0.1) is 11.9 Å². The summed E-state index contributed by atoms with van der Waals surface area (Å²) in [6.07, 6.45) is -2.02. The highest BCUT2D eigenvalue weighted by Crippen LogP contribution is 2.44. The Kier molecular flexibility index (Phi) is 3.83. The first-order chi connectivity index (χ1) is 10.8. The van der Waals surface area contributed by atoms with Gasteiger partial charge in [0, 0.05) is 12.7 Å². The highest BCUT2D eigenvalue weighted by Gasteiger charge is 2.56. The van der Waals surface area contributed by atoms with E-state index in [1.54, 1.807) is 0 Å². The number of methoxy groups -OCH3 is 1. The molecule has 0 N–H and O–H groups in total. The van der Waals surface area contributed by atoms with Gasteiger partial charge >= 0.3 is 5.30 Å². The third kappa shape index (κ3) is 2.43. The lowest BCUT2D eigenvalue weighted by Gasteiger charge is -2.45. The van der Waals surface area contributed by atoms with E-state index in [4.69, 9.17) is 23.7 Å². The summed E-state index contributed by atoms with van der Waals surface area (Å²) in [5.41, 5.74) is 0.946. The lowest BCUT2D eigenvalue weighted by molar-refractivity contribution is -0.327. The average molecular weight is 324 g/mol. The molecule has 1 aromatic rings. The van der Waals surface area contributed by atoms with Crippen molar-refractivity contribution in [2.45, 2.75) is 36.1 Å². The second-order valence-electron chi connectivity index (χ2n) is 5.37. The van der Waals surface area contributed by atoms with Crippen molar-refractivity contribution in [3.63, 3.8) is 0 Å². The number of fused-ring (bicyclic) bond motifs is 3. The standard InChI is InChI=1S/C15H16O6S/c1-17-14-11-12(22-15(16)21-11)10-9(19-14)7-18-13(20-10)8-5-3-2-4-6-8/h2-6,9-14H,7H2,1H3/t9-,10-,11-,12-,13-,14-/m1/s1. The summed E-state index contributed by atoms with van der Waals surface area (Å²) in [6, 6.07) is 9.72. The molecule has 6 atom stereocenters. The number of carbonyl (C=O) groups is 1. The van der Waals surface area contributed by atoms with Crippen LogP contribution in [0.15, 0.2) is 30.3 Å². The Hall–Kier alpha value is -1.12. The summed E-state index contributed by atoms with van der Waals surface area (Å²) < 4.78 is 28.3. The molecule has 0 spiro atoms. The van der Waals surface area contributed by atoms with Crippen molar-refractivity contribution in [1.29, 1.82) is 0 Å². The van der Waals surface area contributed by atoms with Gasteiger partial charge in [0.25, 0.3) is 0 Å². The molecule has 6 nitrogen and oxygen atoms in total. The maximum absolute atomic E-state index is 11.6. The summed E-state index contributed by atoms with van der Waals surface area (Å²) in [7, 11) is 1.54. The molecule has 0 unspecified atom stereocenters. The van der Waals surface area contributed by atoms with Gasteiger partial charge in [-0.2, -0.15) is 0 Å². The Labute approximate surface area is 132 Å². The third-order valence-electron chi connectivity index (χ3n) is 4.05. The number of benzene rings is 1. The van der Waals surface area contributed by atoms with Crippen LogP contribution in [-0.2, 0) is 23.7 Å². The van der Waals surface area contributed by atoms with Crippen LogP contribution in [0.5, 0.6) is 0 Å².